The molecule has 14 heteroatoms. The van der Waals surface area contributed by atoms with Crippen molar-refractivity contribution in [3.63, 3.8) is 0 Å². The number of carbonyl (C=O) groups excluding carboxylic acids is 1. The number of alkyl halides is 6. The summed E-state index contributed by atoms with van der Waals surface area (Å²) in [6.07, 6.45) is -9.30. The molecule has 1 amide bonds. The summed E-state index contributed by atoms with van der Waals surface area (Å²) in [4.78, 5) is 21.6. The quantitative estimate of drug-likeness (QED) is 0.325. The van der Waals surface area contributed by atoms with Gasteiger partial charge in [0.15, 0.2) is 0 Å². The van der Waals surface area contributed by atoms with Crippen LogP contribution in [0.5, 0.6) is 5.75 Å². The molecule has 210 valence electrons. The van der Waals surface area contributed by atoms with Gasteiger partial charge in [0.25, 0.3) is 5.91 Å². The molecule has 1 unspecified atom stereocenters. The van der Waals surface area contributed by atoms with Gasteiger partial charge in [-0.2, -0.15) is 13.2 Å². The number of benzene rings is 2. The molecular weight excluding hydrogens is 556 g/mol. The number of nitrogens with one attached hydrogen (secondary N) is 1. The molecule has 4 N–H and O–H groups in total. The Balaban J connectivity index is 0.000000532. The van der Waals surface area contributed by atoms with Crippen LogP contribution in [0.25, 0.3) is 22.4 Å². The summed E-state index contributed by atoms with van der Waals surface area (Å²) in [7, 11) is 0. The van der Waals surface area contributed by atoms with Crippen LogP contribution in [0.1, 0.15) is 28.5 Å². The van der Waals surface area contributed by atoms with Crippen LogP contribution in [0.3, 0.4) is 0 Å². The summed E-state index contributed by atoms with van der Waals surface area (Å²) in [5.74, 6) is -3.41. The predicted molar refractivity (Wildman–Crippen MR) is 130 cm³/mol. The Kier molecular flexibility index (Phi) is 8.86. The largest absolute Gasteiger partial charge is 0.573 e. The van der Waals surface area contributed by atoms with E-state index in [2.05, 4.69) is 10.1 Å². The number of carbonyl (C=O) groups is 2. The van der Waals surface area contributed by atoms with Gasteiger partial charge in [0.2, 0.25) is 0 Å². The fourth-order valence-corrected chi connectivity index (χ4v) is 4.31. The maximum absolute atomic E-state index is 12.8. The molecule has 0 aliphatic carbocycles. The van der Waals surface area contributed by atoms with E-state index >= 15 is 0 Å². The van der Waals surface area contributed by atoms with Crippen molar-refractivity contribution in [3.05, 3.63) is 64.8 Å². The normalized spacial score (nSPS) is 15.1. The average Bonchev–Trinajstić information content (AvgIpc) is 3.23. The van der Waals surface area contributed by atoms with E-state index in [1.807, 2.05) is 35.8 Å². The number of halogens is 7. The number of aliphatic carboxylic acids is 1. The first-order valence-corrected chi connectivity index (χ1v) is 11.7. The lowest BCUT2D eigenvalue weighted by Gasteiger charge is -2.28. The van der Waals surface area contributed by atoms with Crippen molar-refractivity contribution in [2.24, 2.45) is 5.73 Å². The number of hydrogen-bond acceptors (Lipinski definition) is 4. The number of aromatic nitrogens is 1. The fraction of sp³-hybridized carbons (Fsp3) is 0.280. The number of nitrogens with two attached hydrogens (primary N) is 1. The summed E-state index contributed by atoms with van der Waals surface area (Å²) < 4.78 is 76.2. The van der Waals surface area contributed by atoms with E-state index in [1.165, 1.54) is 12.1 Å². The van der Waals surface area contributed by atoms with Crippen molar-refractivity contribution >= 4 is 23.5 Å². The van der Waals surface area contributed by atoms with Crippen LogP contribution in [-0.4, -0.2) is 47.2 Å². The highest BCUT2D eigenvalue weighted by Crippen LogP contribution is 2.43. The second kappa shape index (κ2) is 11.6. The monoisotopic (exact) mass is 577 g/mol. The summed E-state index contributed by atoms with van der Waals surface area (Å²) >= 11 is 6.42. The third-order valence-corrected chi connectivity index (χ3v) is 5.96. The van der Waals surface area contributed by atoms with Gasteiger partial charge in [0.1, 0.15) is 11.4 Å². The van der Waals surface area contributed by atoms with Crippen molar-refractivity contribution < 1.29 is 45.8 Å². The van der Waals surface area contributed by atoms with Crippen molar-refractivity contribution in [2.75, 3.05) is 13.1 Å². The highest BCUT2D eigenvalue weighted by molar-refractivity contribution is 6.33. The molecule has 0 radical (unpaired) electrons. The number of ether oxygens (including phenoxy) is 1. The van der Waals surface area contributed by atoms with Crippen LogP contribution < -0.4 is 15.8 Å². The second-order valence-electron chi connectivity index (χ2n) is 8.46. The molecule has 1 aliphatic rings. The van der Waals surface area contributed by atoms with E-state index in [1.54, 1.807) is 6.07 Å². The summed E-state index contributed by atoms with van der Waals surface area (Å²) in [6, 6.07) is 13.0. The third-order valence-electron chi connectivity index (χ3n) is 5.63. The molecule has 1 aromatic heterocycles. The zero-order valence-electron chi connectivity index (χ0n) is 20.2. The highest BCUT2D eigenvalue weighted by atomic mass is 35.5. The molecule has 2 aromatic carbocycles. The zero-order chi connectivity index (χ0) is 29.1. The Morgan fingerprint density at radius 3 is 2.36 bits per heavy atom. The van der Waals surface area contributed by atoms with E-state index in [0.29, 0.717) is 42.0 Å². The lowest BCUT2D eigenvalue weighted by molar-refractivity contribution is -0.274. The number of aryl methyl sites for hydroxylation is 1. The van der Waals surface area contributed by atoms with Gasteiger partial charge in [-0.25, -0.2) is 4.79 Å². The summed E-state index contributed by atoms with van der Waals surface area (Å²) in [5, 5.41) is 10.2. The number of amides is 1. The maximum atomic E-state index is 12.8. The average molecular weight is 578 g/mol. The third kappa shape index (κ3) is 7.24. The zero-order valence-corrected chi connectivity index (χ0v) is 20.9. The van der Waals surface area contributed by atoms with Gasteiger partial charge in [-0.1, -0.05) is 35.4 Å². The minimum atomic E-state index is -5.08. The fourth-order valence-electron chi connectivity index (χ4n) is 4.10. The minimum absolute atomic E-state index is 0.106. The van der Waals surface area contributed by atoms with Crippen LogP contribution in [0.2, 0.25) is 5.02 Å². The molecule has 0 fully saturated rings. The molecule has 7 nitrogen and oxygen atoms in total. The first kappa shape index (κ1) is 29.8. The molecule has 1 atom stereocenters. The molecule has 0 bridgehead atoms. The van der Waals surface area contributed by atoms with Crippen LogP contribution in [0.4, 0.5) is 26.3 Å². The Hall–Kier alpha value is -3.71. The van der Waals surface area contributed by atoms with Crippen LogP contribution in [-0.2, 0) is 4.79 Å². The Bertz CT molecular complexity index is 1370. The number of carboxylic acid groups (broad SMARTS) is 1. The van der Waals surface area contributed by atoms with E-state index in [-0.39, 0.29) is 22.7 Å². The lowest BCUT2D eigenvalue weighted by Crippen LogP contribution is -2.39. The summed E-state index contributed by atoms with van der Waals surface area (Å²) in [5.41, 5.74) is 9.62. The molecule has 0 spiro atoms. The Morgan fingerprint density at radius 1 is 1.13 bits per heavy atom. The lowest BCUT2D eigenvalue weighted by atomic mass is 9.99. The van der Waals surface area contributed by atoms with Gasteiger partial charge in [-0.3, -0.25) is 4.79 Å². The number of hydrogen-bond donors (Lipinski definition) is 3. The molecule has 39 heavy (non-hydrogen) atoms. The van der Waals surface area contributed by atoms with Crippen molar-refractivity contribution in [2.45, 2.75) is 31.9 Å². The molecule has 3 aromatic rings. The molecular formula is C25H22ClF6N3O4. The highest BCUT2D eigenvalue weighted by Gasteiger charge is 2.38. The van der Waals surface area contributed by atoms with Crippen LogP contribution in [0.15, 0.2) is 48.5 Å². The topological polar surface area (TPSA) is 107 Å². The number of fused-ring (bicyclic) bond motifs is 1. The first-order valence-electron chi connectivity index (χ1n) is 11.3. The predicted octanol–water partition coefficient (Wildman–Crippen LogP) is 5.95. The van der Waals surface area contributed by atoms with E-state index in [4.69, 9.17) is 27.2 Å². The second-order valence-corrected chi connectivity index (χ2v) is 8.87. The van der Waals surface area contributed by atoms with E-state index in [9.17, 15) is 31.1 Å². The van der Waals surface area contributed by atoms with Crippen molar-refractivity contribution in [1.29, 1.82) is 0 Å². The molecule has 4 rings (SSSR count). The van der Waals surface area contributed by atoms with Gasteiger partial charge in [0.05, 0.1) is 11.7 Å². The summed E-state index contributed by atoms with van der Waals surface area (Å²) in [6.45, 7) is 2.76. The number of carboxylic acids is 1. The molecule has 0 saturated carbocycles. The first-order chi connectivity index (χ1) is 18.1. The standard InChI is InChI=1S/C23H21ClF3N3O2.C2HF3O2/c1-13-3-2-4-14(9-13)21-18(11-20-22(31)29-12-15(7-8-28)30(20)21)17-10-16(5-6-19(17)24)32-23(25,26)27;3-2(4,5)1(6)7/h2-6,9-11,15H,7-8,12,28H2,1H3,(H,29,31);(H,6,7). The maximum Gasteiger partial charge on any atom is 0.573 e. The number of rotatable bonds is 5. The van der Waals surface area contributed by atoms with Gasteiger partial charge >= 0.3 is 18.5 Å². The SMILES string of the molecule is Cc1cccc(-c2c(-c3cc(OC(F)(F)F)ccc3Cl)cc3n2C(CCN)CNC3=O)c1.O=C(O)C(F)(F)F. The van der Waals surface area contributed by atoms with Crippen molar-refractivity contribution in [1.82, 2.24) is 9.88 Å². The Labute approximate surface area is 223 Å². The van der Waals surface area contributed by atoms with Crippen LogP contribution in [0, 0.1) is 6.92 Å². The van der Waals surface area contributed by atoms with Gasteiger partial charge in [-0.05, 0) is 55.8 Å². The minimum Gasteiger partial charge on any atom is -0.475 e. The van der Waals surface area contributed by atoms with Gasteiger partial charge in [0, 0.05) is 22.7 Å². The Morgan fingerprint density at radius 2 is 1.79 bits per heavy atom. The van der Waals surface area contributed by atoms with E-state index in [0.717, 1.165) is 17.2 Å². The van der Waals surface area contributed by atoms with Crippen LogP contribution >= 0.6 is 11.6 Å². The van der Waals surface area contributed by atoms with Crippen molar-refractivity contribution in [3.8, 4) is 28.1 Å². The smallest absolute Gasteiger partial charge is 0.475 e. The van der Waals surface area contributed by atoms with Gasteiger partial charge in [-0.15, -0.1) is 13.2 Å². The number of nitrogens with zero attached hydrogens (tertiary/aromatic N) is 1. The molecule has 1 aliphatic heterocycles. The molecule has 0 saturated heterocycles. The van der Waals surface area contributed by atoms with E-state index < -0.39 is 18.5 Å². The molecule has 2 heterocycles. The van der Waals surface area contributed by atoms with Gasteiger partial charge < -0.3 is 25.5 Å².